The largest absolute Gasteiger partial charge is 0.465 e. The molecule has 0 radical (unpaired) electrons. The lowest BCUT2D eigenvalue weighted by molar-refractivity contribution is 0.0601. The normalized spacial score (nSPS) is 13.5. The van der Waals surface area contributed by atoms with Crippen LogP contribution in [0.4, 0.5) is 11.6 Å². The van der Waals surface area contributed by atoms with Crippen LogP contribution in [0.2, 0.25) is 5.02 Å². The summed E-state index contributed by atoms with van der Waals surface area (Å²) in [6.45, 7) is 2.71. The molecule has 0 bridgehead atoms. The van der Waals surface area contributed by atoms with Gasteiger partial charge in [0.2, 0.25) is 5.95 Å². The number of anilines is 2. The first kappa shape index (κ1) is 27.4. The van der Waals surface area contributed by atoms with Crippen molar-refractivity contribution in [2.75, 3.05) is 43.5 Å². The smallest absolute Gasteiger partial charge is 0.337 e. The number of imidazole rings is 1. The van der Waals surface area contributed by atoms with Gasteiger partial charge in [0, 0.05) is 51.0 Å². The molecule has 0 amide bonds. The minimum Gasteiger partial charge on any atom is -0.465 e. The highest BCUT2D eigenvalue weighted by Gasteiger charge is 2.27. The summed E-state index contributed by atoms with van der Waals surface area (Å²) in [6, 6.07) is 14.4. The topological polar surface area (TPSA) is 107 Å². The fourth-order valence-corrected chi connectivity index (χ4v) is 5.24. The van der Waals surface area contributed by atoms with Gasteiger partial charge in [-0.15, -0.1) is 0 Å². The van der Waals surface area contributed by atoms with Crippen molar-refractivity contribution in [2.45, 2.75) is 6.54 Å². The Kier molecular flexibility index (Phi) is 7.63. The van der Waals surface area contributed by atoms with Crippen molar-refractivity contribution in [1.82, 2.24) is 23.6 Å². The van der Waals surface area contributed by atoms with Crippen molar-refractivity contribution >= 4 is 57.7 Å². The van der Waals surface area contributed by atoms with E-state index in [0.717, 1.165) is 15.8 Å². The Labute approximate surface area is 240 Å². The third-order valence-corrected chi connectivity index (χ3v) is 7.75. The van der Waals surface area contributed by atoms with Gasteiger partial charge in [-0.3, -0.25) is 18.5 Å². The number of fused-ring (bicyclic) bond motifs is 1. The van der Waals surface area contributed by atoms with Crippen molar-refractivity contribution in [3.05, 3.63) is 85.5 Å². The van der Waals surface area contributed by atoms with Crippen LogP contribution in [0.15, 0.2) is 58.1 Å². The second kappa shape index (κ2) is 11.1. The Hall–Kier alpha value is -4.16. The number of carbonyl (C=O) groups is 1. The first-order valence-electron chi connectivity index (χ1n) is 12.6. The molecule has 3 heterocycles. The predicted octanol–water partition coefficient (Wildman–Crippen LogP) is 2.44. The summed E-state index contributed by atoms with van der Waals surface area (Å²) in [4.78, 5) is 46.5. The third kappa shape index (κ3) is 5.07. The van der Waals surface area contributed by atoms with Gasteiger partial charge < -0.3 is 19.9 Å². The van der Waals surface area contributed by atoms with Gasteiger partial charge in [0.15, 0.2) is 16.3 Å². The van der Waals surface area contributed by atoms with Crippen LogP contribution in [0, 0.1) is 0 Å². The molecule has 1 N–H and O–H groups in total. The quantitative estimate of drug-likeness (QED) is 0.281. The van der Waals surface area contributed by atoms with Crippen LogP contribution in [0.5, 0.6) is 0 Å². The molecule has 1 aliphatic rings. The zero-order chi connectivity index (χ0) is 28.6. The SMILES string of the molecule is COC(=O)c1ccc(NC(=S)N2CCN(c3nc4c(c(=O)n(C)c(=O)n4C)n3Cc3ccccc3Cl)CC2)cc1. The molecule has 0 atom stereocenters. The molecular formula is C27H28ClN7O4S. The lowest BCUT2D eigenvalue weighted by Crippen LogP contribution is -2.50. The van der Waals surface area contributed by atoms with Gasteiger partial charge >= 0.3 is 11.7 Å². The molecule has 0 saturated carbocycles. The number of rotatable bonds is 5. The van der Waals surface area contributed by atoms with Crippen LogP contribution in [-0.4, -0.2) is 68.0 Å². The monoisotopic (exact) mass is 581 g/mol. The molecule has 4 aromatic rings. The molecule has 1 aliphatic heterocycles. The number of piperazine rings is 1. The highest BCUT2D eigenvalue weighted by atomic mass is 35.5. The van der Waals surface area contributed by atoms with E-state index in [-0.39, 0.29) is 0 Å². The van der Waals surface area contributed by atoms with E-state index in [4.69, 9.17) is 33.5 Å². The summed E-state index contributed by atoms with van der Waals surface area (Å²) >= 11 is 12.1. The van der Waals surface area contributed by atoms with Crippen molar-refractivity contribution < 1.29 is 9.53 Å². The van der Waals surface area contributed by atoms with E-state index >= 15 is 0 Å². The average molecular weight is 582 g/mol. The predicted molar refractivity (Wildman–Crippen MR) is 159 cm³/mol. The van der Waals surface area contributed by atoms with Gasteiger partial charge in [0.05, 0.1) is 19.2 Å². The fraction of sp³-hybridized carbons (Fsp3) is 0.296. The van der Waals surface area contributed by atoms with Gasteiger partial charge in [-0.2, -0.15) is 4.98 Å². The van der Waals surface area contributed by atoms with Gasteiger partial charge in [-0.1, -0.05) is 29.8 Å². The maximum Gasteiger partial charge on any atom is 0.337 e. The van der Waals surface area contributed by atoms with E-state index < -0.39 is 17.2 Å². The number of carbonyl (C=O) groups excluding carboxylic acids is 1. The number of nitrogens with one attached hydrogen (secondary N) is 1. The summed E-state index contributed by atoms with van der Waals surface area (Å²) in [6.07, 6.45) is 0. The van der Waals surface area contributed by atoms with Gasteiger partial charge in [0.1, 0.15) is 0 Å². The van der Waals surface area contributed by atoms with Crippen molar-refractivity contribution in [1.29, 1.82) is 0 Å². The number of halogens is 1. The Morgan fingerprint density at radius 3 is 2.35 bits per heavy atom. The summed E-state index contributed by atoms with van der Waals surface area (Å²) in [7, 11) is 4.42. The molecule has 13 heteroatoms. The Morgan fingerprint density at radius 2 is 1.70 bits per heavy atom. The number of hydrogen-bond donors (Lipinski definition) is 1. The maximum atomic E-state index is 13.3. The second-order valence-corrected chi connectivity index (χ2v) is 10.2. The van der Waals surface area contributed by atoms with E-state index in [1.54, 1.807) is 37.4 Å². The lowest BCUT2D eigenvalue weighted by Gasteiger charge is -2.36. The number of aromatic nitrogens is 4. The van der Waals surface area contributed by atoms with E-state index in [1.807, 2.05) is 22.8 Å². The molecule has 208 valence electrons. The van der Waals surface area contributed by atoms with Crippen molar-refractivity contribution in [3.63, 3.8) is 0 Å². The van der Waals surface area contributed by atoms with E-state index in [1.165, 1.54) is 18.7 Å². The van der Waals surface area contributed by atoms with Gasteiger partial charge in [0.25, 0.3) is 5.56 Å². The third-order valence-electron chi connectivity index (χ3n) is 7.02. The van der Waals surface area contributed by atoms with Gasteiger partial charge in [-0.25, -0.2) is 9.59 Å². The van der Waals surface area contributed by atoms with Crippen LogP contribution < -0.4 is 21.5 Å². The molecule has 2 aromatic carbocycles. The van der Waals surface area contributed by atoms with Crippen LogP contribution in [0.3, 0.4) is 0 Å². The minimum atomic E-state index is -0.438. The maximum absolute atomic E-state index is 13.3. The molecule has 5 rings (SSSR count). The molecule has 1 saturated heterocycles. The summed E-state index contributed by atoms with van der Waals surface area (Å²) in [5, 5.41) is 4.36. The number of nitrogens with zero attached hydrogens (tertiary/aromatic N) is 6. The summed E-state index contributed by atoms with van der Waals surface area (Å²) in [5.41, 5.74) is 1.87. The number of thiocarbonyl (C=S) groups is 1. The number of hydrogen-bond acceptors (Lipinski definition) is 7. The number of benzene rings is 2. The van der Waals surface area contributed by atoms with Crippen LogP contribution in [0.25, 0.3) is 11.2 Å². The molecule has 1 fully saturated rings. The molecule has 0 unspecified atom stereocenters. The van der Waals surface area contributed by atoms with E-state index in [0.29, 0.717) is 65.5 Å². The molecule has 11 nitrogen and oxygen atoms in total. The van der Waals surface area contributed by atoms with Gasteiger partial charge in [-0.05, 0) is 48.1 Å². The Morgan fingerprint density at radius 1 is 1.02 bits per heavy atom. The fourth-order valence-electron chi connectivity index (χ4n) is 4.74. The number of aryl methyl sites for hydroxylation is 1. The first-order chi connectivity index (χ1) is 19.2. The highest BCUT2D eigenvalue weighted by molar-refractivity contribution is 7.80. The highest BCUT2D eigenvalue weighted by Crippen LogP contribution is 2.25. The minimum absolute atomic E-state index is 0.320. The van der Waals surface area contributed by atoms with Crippen molar-refractivity contribution in [3.8, 4) is 0 Å². The Bertz CT molecular complexity index is 1720. The standard InChI is InChI=1S/C27H28ClN7O4S/c1-31-22-21(23(36)32(2)27(31)38)35(16-18-6-4-5-7-20(18)28)25(30-22)33-12-14-34(15-13-33)26(40)29-19-10-8-17(9-11-19)24(37)39-3/h4-11H,12-16H2,1-3H3,(H,29,40). The number of ether oxygens (including phenoxy) is 1. The van der Waals surface area contributed by atoms with E-state index in [9.17, 15) is 14.4 Å². The molecule has 0 aliphatic carbocycles. The zero-order valence-corrected chi connectivity index (χ0v) is 23.8. The van der Waals surface area contributed by atoms with Crippen LogP contribution >= 0.6 is 23.8 Å². The molecule has 2 aromatic heterocycles. The molecule has 0 spiro atoms. The lowest BCUT2D eigenvalue weighted by atomic mass is 10.2. The van der Waals surface area contributed by atoms with Crippen LogP contribution in [0.1, 0.15) is 15.9 Å². The summed E-state index contributed by atoms with van der Waals surface area (Å²) in [5.74, 6) is 0.189. The first-order valence-corrected chi connectivity index (χ1v) is 13.4. The van der Waals surface area contributed by atoms with Crippen LogP contribution in [-0.2, 0) is 25.4 Å². The number of methoxy groups -OCH3 is 1. The zero-order valence-electron chi connectivity index (χ0n) is 22.3. The number of esters is 1. The second-order valence-electron chi connectivity index (χ2n) is 9.44. The Balaban J connectivity index is 1.39. The molecular weight excluding hydrogens is 554 g/mol. The van der Waals surface area contributed by atoms with E-state index in [2.05, 4.69) is 15.1 Å². The summed E-state index contributed by atoms with van der Waals surface area (Å²) < 4.78 is 9.07. The average Bonchev–Trinajstić information content (AvgIpc) is 3.35. The molecule has 40 heavy (non-hydrogen) atoms. The van der Waals surface area contributed by atoms with Crippen molar-refractivity contribution in [2.24, 2.45) is 14.1 Å².